The number of aromatic hydroxyl groups is 1. The van der Waals surface area contributed by atoms with E-state index in [1.807, 2.05) is 0 Å². The summed E-state index contributed by atoms with van der Waals surface area (Å²) >= 11 is 23.2. The summed E-state index contributed by atoms with van der Waals surface area (Å²) in [5.41, 5.74) is 0. The first-order valence-corrected chi connectivity index (χ1v) is 6.29. The molecule has 94 valence electrons. The minimum Gasteiger partial charge on any atom is -0.504 e. The Morgan fingerprint density at radius 3 is 2.06 bits per heavy atom. The zero-order valence-electron chi connectivity index (χ0n) is 8.75. The smallest absolute Gasteiger partial charge is 0.170 e. The Balaban J connectivity index is 2.34. The highest BCUT2D eigenvalue weighted by Crippen LogP contribution is 2.38. The van der Waals surface area contributed by atoms with E-state index in [0.717, 1.165) is 0 Å². The second-order valence-corrected chi connectivity index (χ2v) is 5.04. The highest BCUT2D eigenvalue weighted by molar-refractivity contribution is 6.42. The third kappa shape index (κ3) is 2.96. The van der Waals surface area contributed by atoms with Gasteiger partial charge in [-0.05, 0) is 12.1 Å². The SMILES string of the molecule is Oc1cc(Cl)c(Cl)cc1Oc1ccc(Cl)c(Cl)c1. The van der Waals surface area contributed by atoms with E-state index < -0.39 is 0 Å². The lowest BCUT2D eigenvalue weighted by Gasteiger charge is -2.09. The average molecular weight is 324 g/mol. The predicted molar refractivity (Wildman–Crippen MR) is 74.7 cm³/mol. The van der Waals surface area contributed by atoms with Crippen molar-refractivity contribution in [3.63, 3.8) is 0 Å². The van der Waals surface area contributed by atoms with Gasteiger partial charge in [-0.15, -0.1) is 0 Å². The molecule has 0 amide bonds. The van der Waals surface area contributed by atoms with Crippen LogP contribution in [0.15, 0.2) is 30.3 Å². The van der Waals surface area contributed by atoms with Crippen molar-refractivity contribution in [1.29, 1.82) is 0 Å². The highest BCUT2D eigenvalue weighted by Gasteiger charge is 2.09. The molecular weight excluding hydrogens is 318 g/mol. The molecule has 1 N–H and O–H groups in total. The van der Waals surface area contributed by atoms with Gasteiger partial charge in [0.15, 0.2) is 11.5 Å². The molecule has 2 nitrogen and oxygen atoms in total. The molecule has 0 heterocycles. The molecule has 18 heavy (non-hydrogen) atoms. The monoisotopic (exact) mass is 322 g/mol. The van der Waals surface area contributed by atoms with E-state index in [0.29, 0.717) is 15.8 Å². The Morgan fingerprint density at radius 2 is 1.39 bits per heavy atom. The number of ether oxygens (including phenoxy) is 1. The molecule has 0 radical (unpaired) electrons. The second-order valence-electron chi connectivity index (χ2n) is 3.41. The van der Waals surface area contributed by atoms with Gasteiger partial charge in [-0.2, -0.15) is 0 Å². The summed E-state index contributed by atoms with van der Waals surface area (Å²) in [7, 11) is 0. The van der Waals surface area contributed by atoms with Crippen LogP contribution in [0.4, 0.5) is 0 Å². The van der Waals surface area contributed by atoms with E-state index >= 15 is 0 Å². The van der Waals surface area contributed by atoms with Gasteiger partial charge in [0.1, 0.15) is 5.75 Å². The first-order chi connectivity index (χ1) is 8.47. The largest absolute Gasteiger partial charge is 0.504 e. The summed E-state index contributed by atoms with van der Waals surface area (Å²) in [4.78, 5) is 0. The normalized spacial score (nSPS) is 10.4. The lowest BCUT2D eigenvalue weighted by molar-refractivity contribution is 0.411. The van der Waals surface area contributed by atoms with Gasteiger partial charge in [0, 0.05) is 18.2 Å². The van der Waals surface area contributed by atoms with Crippen molar-refractivity contribution < 1.29 is 9.84 Å². The van der Waals surface area contributed by atoms with Gasteiger partial charge in [0.25, 0.3) is 0 Å². The van der Waals surface area contributed by atoms with Crippen LogP contribution in [-0.2, 0) is 0 Å². The van der Waals surface area contributed by atoms with Crippen LogP contribution in [0.1, 0.15) is 0 Å². The van der Waals surface area contributed by atoms with Crippen molar-refractivity contribution in [2.45, 2.75) is 0 Å². The summed E-state index contributed by atoms with van der Waals surface area (Å²) in [5, 5.41) is 11.0. The molecule has 0 aliphatic rings. The van der Waals surface area contributed by atoms with Crippen molar-refractivity contribution in [2.24, 2.45) is 0 Å². The van der Waals surface area contributed by atoms with Crippen LogP contribution in [0.2, 0.25) is 20.1 Å². The van der Waals surface area contributed by atoms with Gasteiger partial charge >= 0.3 is 0 Å². The fraction of sp³-hybridized carbons (Fsp3) is 0. The van der Waals surface area contributed by atoms with Gasteiger partial charge in [-0.3, -0.25) is 0 Å². The van der Waals surface area contributed by atoms with Crippen molar-refractivity contribution in [3.8, 4) is 17.2 Å². The van der Waals surface area contributed by atoms with Gasteiger partial charge in [0.05, 0.1) is 20.1 Å². The molecule has 0 unspecified atom stereocenters. The summed E-state index contributed by atoms with van der Waals surface area (Å²) in [6.45, 7) is 0. The lowest BCUT2D eigenvalue weighted by Crippen LogP contribution is -1.86. The molecule has 0 bridgehead atoms. The van der Waals surface area contributed by atoms with Crippen molar-refractivity contribution in [1.82, 2.24) is 0 Å². The maximum absolute atomic E-state index is 9.67. The van der Waals surface area contributed by atoms with Crippen molar-refractivity contribution in [3.05, 3.63) is 50.4 Å². The summed E-state index contributed by atoms with van der Waals surface area (Å²) in [6, 6.07) is 7.47. The number of rotatable bonds is 2. The van der Waals surface area contributed by atoms with Crippen LogP contribution in [0, 0.1) is 0 Å². The van der Waals surface area contributed by atoms with E-state index in [2.05, 4.69) is 0 Å². The van der Waals surface area contributed by atoms with Gasteiger partial charge < -0.3 is 9.84 Å². The average Bonchev–Trinajstić information content (AvgIpc) is 2.31. The van der Waals surface area contributed by atoms with Crippen molar-refractivity contribution >= 4 is 46.4 Å². The Morgan fingerprint density at radius 1 is 0.778 bits per heavy atom. The fourth-order valence-electron chi connectivity index (χ4n) is 1.27. The van der Waals surface area contributed by atoms with Crippen LogP contribution in [-0.4, -0.2) is 5.11 Å². The van der Waals surface area contributed by atoms with E-state index in [1.165, 1.54) is 18.2 Å². The lowest BCUT2D eigenvalue weighted by atomic mass is 10.3. The Labute approximate surface area is 124 Å². The topological polar surface area (TPSA) is 29.5 Å². The van der Waals surface area contributed by atoms with Crippen LogP contribution >= 0.6 is 46.4 Å². The standard InChI is InChI=1S/C12H6Cl4O2/c13-7-2-1-6(3-8(7)14)18-12-5-10(16)9(15)4-11(12)17/h1-5,17H. The minimum absolute atomic E-state index is 0.115. The van der Waals surface area contributed by atoms with Gasteiger partial charge in [0.2, 0.25) is 0 Å². The van der Waals surface area contributed by atoms with Crippen LogP contribution < -0.4 is 4.74 Å². The maximum Gasteiger partial charge on any atom is 0.170 e. The first kappa shape index (κ1) is 13.6. The number of benzene rings is 2. The third-order valence-electron chi connectivity index (χ3n) is 2.12. The zero-order valence-corrected chi connectivity index (χ0v) is 11.8. The highest BCUT2D eigenvalue weighted by atomic mass is 35.5. The summed E-state index contributed by atoms with van der Waals surface area (Å²) in [6.07, 6.45) is 0. The number of hydrogen-bond donors (Lipinski definition) is 1. The summed E-state index contributed by atoms with van der Waals surface area (Å²) < 4.78 is 5.44. The molecule has 0 fully saturated rings. The fourth-order valence-corrected chi connectivity index (χ4v) is 1.87. The van der Waals surface area contributed by atoms with Crippen LogP contribution in [0.25, 0.3) is 0 Å². The molecule has 0 saturated heterocycles. The van der Waals surface area contributed by atoms with Crippen LogP contribution in [0.5, 0.6) is 17.2 Å². The zero-order chi connectivity index (χ0) is 13.3. The molecule has 2 rings (SSSR count). The molecule has 2 aromatic carbocycles. The Kier molecular flexibility index (Phi) is 4.13. The molecular formula is C12H6Cl4O2. The van der Waals surface area contributed by atoms with Gasteiger partial charge in [-0.25, -0.2) is 0 Å². The van der Waals surface area contributed by atoms with E-state index in [-0.39, 0.29) is 21.5 Å². The van der Waals surface area contributed by atoms with Crippen molar-refractivity contribution in [2.75, 3.05) is 0 Å². The first-order valence-electron chi connectivity index (χ1n) is 4.78. The van der Waals surface area contributed by atoms with E-state index in [4.69, 9.17) is 51.1 Å². The number of phenols is 1. The number of phenolic OH excluding ortho intramolecular Hbond substituents is 1. The molecule has 0 aliphatic heterocycles. The Bertz CT molecular complexity index is 599. The molecule has 0 atom stereocenters. The Hall–Kier alpha value is -0.800. The molecule has 0 aromatic heterocycles. The minimum atomic E-state index is -0.115. The third-order valence-corrected chi connectivity index (χ3v) is 3.58. The second kappa shape index (κ2) is 5.45. The number of hydrogen-bond acceptors (Lipinski definition) is 2. The predicted octanol–water partition coefficient (Wildman–Crippen LogP) is 5.80. The molecule has 0 aliphatic carbocycles. The van der Waals surface area contributed by atoms with E-state index in [9.17, 15) is 5.11 Å². The maximum atomic E-state index is 9.67. The molecule has 6 heteroatoms. The summed E-state index contributed by atoms with van der Waals surface area (Å²) in [5.74, 6) is 0.497. The molecule has 0 saturated carbocycles. The molecule has 2 aromatic rings. The van der Waals surface area contributed by atoms with Crippen LogP contribution in [0.3, 0.4) is 0 Å². The molecule has 0 spiro atoms. The van der Waals surface area contributed by atoms with Gasteiger partial charge in [-0.1, -0.05) is 46.4 Å². The van der Waals surface area contributed by atoms with E-state index in [1.54, 1.807) is 12.1 Å². The number of halogens is 4. The quantitative estimate of drug-likeness (QED) is 0.757.